The van der Waals surface area contributed by atoms with E-state index in [2.05, 4.69) is 37.5 Å². The molecule has 0 bridgehead atoms. The zero-order valence-corrected chi connectivity index (χ0v) is 15.9. The Morgan fingerprint density at radius 3 is 2.62 bits per heavy atom. The quantitative estimate of drug-likeness (QED) is 0.738. The SMILES string of the molecule is Cc1ccc(OCCCC(=O)NCC2(C)CCNCC2)cc1C.Cl. The van der Waals surface area contributed by atoms with Crippen molar-refractivity contribution in [1.29, 1.82) is 0 Å². The predicted octanol–water partition coefficient (Wildman–Crippen LogP) is 3.39. The van der Waals surface area contributed by atoms with Crippen LogP contribution in [0, 0.1) is 19.3 Å². The molecule has 2 N–H and O–H groups in total. The summed E-state index contributed by atoms with van der Waals surface area (Å²) in [6.45, 7) is 9.90. The van der Waals surface area contributed by atoms with Crippen LogP contribution in [0.25, 0.3) is 0 Å². The molecule has 0 saturated carbocycles. The molecule has 0 spiro atoms. The van der Waals surface area contributed by atoms with Gasteiger partial charge in [-0.15, -0.1) is 12.4 Å². The molecule has 0 unspecified atom stereocenters. The Hall–Kier alpha value is -1.26. The number of halogens is 1. The summed E-state index contributed by atoms with van der Waals surface area (Å²) in [5.41, 5.74) is 2.75. The fraction of sp³-hybridized carbons (Fsp3) is 0.632. The molecule has 1 fully saturated rings. The highest BCUT2D eigenvalue weighted by molar-refractivity contribution is 5.85. The van der Waals surface area contributed by atoms with Crippen LogP contribution in [0.15, 0.2) is 18.2 Å². The van der Waals surface area contributed by atoms with E-state index in [0.717, 1.165) is 44.6 Å². The topological polar surface area (TPSA) is 50.4 Å². The van der Waals surface area contributed by atoms with Crippen molar-refractivity contribution in [2.45, 2.75) is 46.5 Å². The molecule has 136 valence electrons. The van der Waals surface area contributed by atoms with Gasteiger partial charge in [-0.1, -0.05) is 13.0 Å². The molecule has 0 aromatic heterocycles. The number of rotatable bonds is 7. The predicted molar refractivity (Wildman–Crippen MR) is 101 cm³/mol. The number of hydrogen-bond acceptors (Lipinski definition) is 3. The van der Waals surface area contributed by atoms with Crippen LogP contribution in [0.1, 0.15) is 43.7 Å². The van der Waals surface area contributed by atoms with Gasteiger partial charge in [0.25, 0.3) is 0 Å². The van der Waals surface area contributed by atoms with E-state index in [1.54, 1.807) is 0 Å². The molecule has 24 heavy (non-hydrogen) atoms. The lowest BCUT2D eigenvalue weighted by molar-refractivity contribution is -0.121. The summed E-state index contributed by atoms with van der Waals surface area (Å²) in [5, 5.41) is 6.45. The number of carbonyl (C=O) groups excluding carboxylic acids is 1. The Morgan fingerprint density at radius 1 is 1.25 bits per heavy atom. The number of piperidine rings is 1. The average Bonchev–Trinajstić information content (AvgIpc) is 2.54. The van der Waals surface area contributed by atoms with E-state index in [0.29, 0.717) is 13.0 Å². The molecule has 0 atom stereocenters. The highest BCUT2D eigenvalue weighted by Crippen LogP contribution is 2.26. The number of hydrogen-bond donors (Lipinski definition) is 2. The first-order valence-electron chi connectivity index (χ1n) is 8.66. The number of nitrogens with one attached hydrogen (secondary N) is 2. The third kappa shape index (κ3) is 6.70. The number of ether oxygens (including phenoxy) is 1. The van der Waals surface area contributed by atoms with Crippen molar-refractivity contribution in [2.24, 2.45) is 5.41 Å². The van der Waals surface area contributed by atoms with E-state index < -0.39 is 0 Å². The molecule has 1 amide bonds. The highest BCUT2D eigenvalue weighted by Gasteiger charge is 2.26. The minimum absolute atomic E-state index is 0. The molecule has 1 aliphatic heterocycles. The number of carbonyl (C=O) groups is 1. The van der Waals surface area contributed by atoms with Crippen LogP contribution in [0.2, 0.25) is 0 Å². The molecule has 1 heterocycles. The van der Waals surface area contributed by atoms with Gasteiger partial charge in [0.1, 0.15) is 5.75 Å². The second kappa shape index (κ2) is 9.90. The van der Waals surface area contributed by atoms with Crippen LogP contribution < -0.4 is 15.4 Å². The minimum Gasteiger partial charge on any atom is -0.494 e. The van der Waals surface area contributed by atoms with Crippen LogP contribution in [0.3, 0.4) is 0 Å². The van der Waals surface area contributed by atoms with E-state index in [9.17, 15) is 4.79 Å². The van der Waals surface area contributed by atoms with Gasteiger partial charge in [0.2, 0.25) is 5.91 Å². The molecule has 0 aliphatic carbocycles. The van der Waals surface area contributed by atoms with Crippen molar-refractivity contribution in [1.82, 2.24) is 10.6 Å². The van der Waals surface area contributed by atoms with E-state index in [-0.39, 0.29) is 23.7 Å². The summed E-state index contributed by atoms with van der Waals surface area (Å²) in [5.74, 6) is 1.02. The molecule has 1 aromatic carbocycles. The summed E-state index contributed by atoms with van der Waals surface area (Å²) in [4.78, 5) is 12.0. The van der Waals surface area contributed by atoms with Crippen LogP contribution in [-0.2, 0) is 4.79 Å². The van der Waals surface area contributed by atoms with Gasteiger partial charge in [0, 0.05) is 13.0 Å². The van der Waals surface area contributed by atoms with Gasteiger partial charge >= 0.3 is 0 Å². The van der Waals surface area contributed by atoms with Crippen LogP contribution in [-0.4, -0.2) is 32.1 Å². The zero-order valence-electron chi connectivity index (χ0n) is 15.1. The maximum Gasteiger partial charge on any atom is 0.220 e. The van der Waals surface area contributed by atoms with Crippen molar-refractivity contribution in [2.75, 3.05) is 26.2 Å². The average molecular weight is 355 g/mol. The van der Waals surface area contributed by atoms with Gasteiger partial charge in [-0.3, -0.25) is 4.79 Å². The Labute approximate surface area is 152 Å². The molecule has 1 aromatic rings. The third-order valence-corrected chi connectivity index (χ3v) is 4.82. The van der Waals surface area contributed by atoms with Gasteiger partial charge in [-0.2, -0.15) is 0 Å². The second-order valence-electron chi connectivity index (χ2n) is 7.04. The third-order valence-electron chi connectivity index (χ3n) is 4.82. The lowest BCUT2D eigenvalue weighted by Gasteiger charge is -2.34. The van der Waals surface area contributed by atoms with Crippen molar-refractivity contribution in [3.8, 4) is 5.75 Å². The van der Waals surface area contributed by atoms with Gasteiger partial charge in [0.15, 0.2) is 0 Å². The van der Waals surface area contributed by atoms with Crippen molar-refractivity contribution in [3.05, 3.63) is 29.3 Å². The van der Waals surface area contributed by atoms with Crippen LogP contribution in [0.5, 0.6) is 5.75 Å². The van der Waals surface area contributed by atoms with E-state index in [1.807, 2.05) is 12.1 Å². The van der Waals surface area contributed by atoms with Gasteiger partial charge in [-0.05, 0) is 74.9 Å². The zero-order chi connectivity index (χ0) is 16.7. The number of benzene rings is 1. The summed E-state index contributed by atoms with van der Waals surface area (Å²) < 4.78 is 5.72. The molecular formula is C19H31ClN2O2. The van der Waals surface area contributed by atoms with E-state index in [1.165, 1.54) is 11.1 Å². The van der Waals surface area contributed by atoms with Crippen molar-refractivity contribution in [3.63, 3.8) is 0 Å². The fourth-order valence-corrected chi connectivity index (χ4v) is 2.83. The molecule has 1 aliphatic rings. The second-order valence-corrected chi connectivity index (χ2v) is 7.04. The summed E-state index contributed by atoms with van der Waals surface area (Å²) in [6.07, 6.45) is 3.53. The molecule has 0 radical (unpaired) electrons. The first-order valence-corrected chi connectivity index (χ1v) is 8.66. The maximum absolute atomic E-state index is 12.0. The lowest BCUT2D eigenvalue weighted by Crippen LogP contribution is -2.42. The highest BCUT2D eigenvalue weighted by atomic mass is 35.5. The summed E-state index contributed by atoms with van der Waals surface area (Å²) in [7, 11) is 0. The van der Waals surface area contributed by atoms with Crippen molar-refractivity contribution >= 4 is 18.3 Å². The monoisotopic (exact) mass is 354 g/mol. The van der Waals surface area contributed by atoms with Gasteiger partial charge in [-0.25, -0.2) is 0 Å². The van der Waals surface area contributed by atoms with Crippen LogP contribution >= 0.6 is 12.4 Å². The first-order chi connectivity index (χ1) is 11.0. The molecule has 1 saturated heterocycles. The first kappa shape index (κ1) is 20.8. The Morgan fingerprint density at radius 2 is 1.96 bits per heavy atom. The summed E-state index contributed by atoms with van der Waals surface area (Å²) in [6, 6.07) is 6.10. The molecule has 4 nitrogen and oxygen atoms in total. The standard InChI is InChI=1S/C19H30N2O2.ClH/c1-15-6-7-17(13-16(15)2)23-12-4-5-18(22)21-14-19(3)8-10-20-11-9-19;/h6-7,13,20H,4-5,8-12,14H2,1-3H3,(H,21,22);1H. The molecule has 5 heteroatoms. The fourth-order valence-electron chi connectivity index (χ4n) is 2.83. The maximum atomic E-state index is 12.0. The number of aryl methyl sites for hydroxylation is 2. The Kier molecular flexibility index (Phi) is 8.57. The normalized spacial score (nSPS) is 16.1. The Bertz CT molecular complexity index is 528. The smallest absolute Gasteiger partial charge is 0.220 e. The Balaban J connectivity index is 0.00000288. The lowest BCUT2D eigenvalue weighted by atomic mass is 9.81. The van der Waals surface area contributed by atoms with Gasteiger partial charge in [0.05, 0.1) is 6.61 Å². The molecule has 2 rings (SSSR count). The van der Waals surface area contributed by atoms with E-state index in [4.69, 9.17) is 4.74 Å². The van der Waals surface area contributed by atoms with Crippen molar-refractivity contribution < 1.29 is 9.53 Å². The molecular weight excluding hydrogens is 324 g/mol. The number of amides is 1. The van der Waals surface area contributed by atoms with Crippen LogP contribution in [0.4, 0.5) is 0 Å². The summed E-state index contributed by atoms with van der Waals surface area (Å²) >= 11 is 0. The van der Waals surface area contributed by atoms with E-state index >= 15 is 0 Å². The van der Waals surface area contributed by atoms with Gasteiger partial charge < -0.3 is 15.4 Å². The minimum atomic E-state index is 0. The largest absolute Gasteiger partial charge is 0.494 e.